The number of carbonyl (C=O) groups is 2. The van der Waals surface area contributed by atoms with Gasteiger partial charge in [0.1, 0.15) is 13.2 Å². The summed E-state index contributed by atoms with van der Waals surface area (Å²) in [6.45, 7) is 6.31. The molecule has 3 rings (SSSR count). The number of ether oxygens (including phenoxy) is 1. The smallest absolute Gasteiger partial charge is 0.414 e. The van der Waals surface area contributed by atoms with Gasteiger partial charge in [-0.1, -0.05) is 16.5 Å². The zero-order chi connectivity index (χ0) is 18.8. The summed E-state index contributed by atoms with van der Waals surface area (Å²) in [6.07, 6.45) is -0.764. The maximum atomic E-state index is 12.2. The number of aromatic nitrogens is 1. The fourth-order valence-electron chi connectivity index (χ4n) is 2.94. The van der Waals surface area contributed by atoms with Crippen molar-refractivity contribution in [1.29, 1.82) is 0 Å². The molecule has 26 heavy (non-hydrogen) atoms. The van der Waals surface area contributed by atoms with E-state index in [0.717, 1.165) is 20.7 Å². The summed E-state index contributed by atoms with van der Waals surface area (Å²) in [5, 5.41) is 6.77. The average Bonchev–Trinajstić information content (AvgIpc) is 3.12. The maximum Gasteiger partial charge on any atom is 0.414 e. The molecule has 1 aromatic heterocycles. The molecule has 0 bridgehead atoms. The lowest BCUT2D eigenvalue weighted by Gasteiger charge is -2.14. The number of benzene rings is 1. The maximum absolute atomic E-state index is 12.2. The average molecular weight is 378 g/mol. The van der Waals surface area contributed by atoms with Crippen molar-refractivity contribution in [3.63, 3.8) is 0 Å². The van der Waals surface area contributed by atoms with Crippen LogP contribution in [0.15, 0.2) is 23.4 Å². The van der Waals surface area contributed by atoms with Crippen molar-refractivity contribution in [3.8, 4) is 0 Å². The van der Waals surface area contributed by atoms with E-state index in [9.17, 15) is 9.59 Å². The Balaban J connectivity index is 1.91. The molecule has 1 aliphatic heterocycles. The molecule has 140 valence electrons. The molecule has 1 unspecified atom stereocenters. The number of anilines is 1. The minimum absolute atomic E-state index is 0.146. The lowest BCUT2D eigenvalue weighted by molar-refractivity contribution is -0.119. The van der Waals surface area contributed by atoms with E-state index in [-0.39, 0.29) is 18.1 Å². The lowest BCUT2D eigenvalue weighted by Crippen LogP contribution is -2.33. The van der Waals surface area contributed by atoms with Crippen LogP contribution in [0, 0.1) is 0 Å². The minimum Gasteiger partial charge on any atom is -0.442 e. The second kappa shape index (κ2) is 7.36. The van der Waals surface area contributed by atoms with Crippen LogP contribution in [0.1, 0.15) is 26.8 Å². The SMILES string of the molecule is CON=c1sc2cc(N3CC(CNC(C)=O)OC3=O)ccc2n1C(C)C. The number of hydrogen-bond acceptors (Lipinski definition) is 6. The summed E-state index contributed by atoms with van der Waals surface area (Å²) in [4.78, 5) is 30.5. The first-order chi connectivity index (χ1) is 12.4. The highest BCUT2D eigenvalue weighted by molar-refractivity contribution is 7.16. The molecule has 2 aromatic rings. The Bertz CT molecular complexity index is 902. The van der Waals surface area contributed by atoms with E-state index in [1.807, 2.05) is 18.2 Å². The third-order valence-corrected chi connectivity index (χ3v) is 5.06. The van der Waals surface area contributed by atoms with Gasteiger partial charge in [-0.15, -0.1) is 0 Å². The Hall–Kier alpha value is -2.55. The normalized spacial score (nSPS) is 17.9. The van der Waals surface area contributed by atoms with E-state index in [4.69, 9.17) is 9.57 Å². The fraction of sp³-hybridized carbons (Fsp3) is 0.471. The van der Waals surface area contributed by atoms with Crippen molar-refractivity contribution in [2.45, 2.75) is 32.9 Å². The molecule has 0 radical (unpaired) electrons. The highest BCUT2D eigenvalue weighted by Crippen LogP contribution is 2.28. The van der Waals surface area contributed by atoms with Crippen LogP contribution in [0.5, 0.6) is 0 Å². The first-order valence-electron chi connectivity index (χ1n) is 8.35. The van der Waals surface area contributed by atoms with Gasteiger partial charge in [-0.25, -0.2) is 4.79 Å². The van der Waals surface area contributed by atoms with Gasteiger partial charge in [0.05, 0.1) is 23.3 Å². The molecule has 2 amide bonds. The molecule has 1 aromatic carbocycles. The highest BCUT2D eigenvalue weighted by Gasteiger charge is 2.32. The van der Waals surface area contributed by atoms with Gasteiger partial charge in [-0.05, 0) is 32.0 Å². The van der Waals surface area contributed by atoms with Gasteiger partial charge in [0.15, 0.2) is 0 Å². The first-order valence-corrected chi connectivity index (χ1v) is 9.17. The van der Waals surface area contributed by atoms with Crippen molar-refractivity contribution < 1.29 is 19.2 Å². The molecule has 1 aliphatic rings. The second-order valence-corrected chi connectivity index (χ2v) is 7.34. The molecular formula is C17H22N4O4S. The molecule has 0 saturated carbocycles. The second-order valence-electron chi connectivity index (χ2n) is 6.33. The van der Waals surface area contributed by atoms with Gasteiger partial charge in [0.25, 0.3) is 0 Å². The zero-order valence-corrected chi connectivity index (χ0v) is 16.0. The summed E-state index contributed by atoms with van der Waals surface area (Å²) >= 11 is 1.50. The van der Waals surface area contributed by atoms with Gasteiger partial charge in [-0.3, -0.25) is 9.69 Å². The molecular weight excluding hydrogens is 356 g/mol. The standard InChI is InChI=1S/C17H22N4O4S/c1-10(2)21-14-6-5-12(7-15(14)26-16(21)19-24-4)20-9-13(25-17(20)23)8-18-11(3)22/h5-7,10,13H,8-9H2,1-4H3,(H,18,22). The fourth-order valence-corrected chi connectivity index (χ4v) is 4.10. The van der Waals surface area contributed by atoms with Crippen molar-refractivity contribution in [2.24, 2.45) is 5.16 Å². The topological polar surface area (TPSA) is 85.2 Å². The number of carbonyl (C=O) groups excluding carboxylic acids is 2. The van der Waals surface area contributed by atoms with E-state index in [0.29, 0.717) is 13.1 Å². The van der Waals surface area contributed by atoms with Crippen molar-refractivity contribution in [2.75, 3.05) is 25.1 Å². The Morgan fingerprint density at radius 2 is 2.27 bits per heavy atom. The third-order valence-electron chi connectivity index (χ3n) is 4.06. The van der Waals surface area contributed by atoms with Crippen LogP contribution in [0.4, 0.5) is 10.5 Å². The molecule has 0 spiro atoms. The summed E-state index contributed by atoms with van der Waals surface area (Å²) in [7, 11) is 1.52. The Kier molecular flexibility index (Phi) is 5.17. The summed E-state index contributed by atoms with van der Waals surface area (Å²) in [6, 6.07) is 6.05. The Morgan fingerprint density at radius 3 is 2.92 bits per heavy atom. The number of thiazole rings is 1. The van der Waals surface area contributed by atoms with Crippen LogP contribution in [-0.2, 0) is 14.4 Å². The highest BCUT2D eigenvalue weighted by atomic mass is 32.1. The van der Waals surface area contributed by atoms with Crippen LogP contribution in [0.25, 0.3) is 10.2 Å². The van der Waals surface area contributed by atoms with E-state index in [1.54, 1.807) is 4.90 Å². The molecule has 9 heteroatoms. The van der Waals surface area contributed by atoms with Gasteiger partial charge >= 0.3 is 6.09 Å². The Labute approximate surface area is 155 Å². The van der Waals surface area contributed by atoms with Gasteiger partial charge in [0.2, 0.25) is 10.7 Å². The molecule has 8 nitrogen and oxygen atoms in total. The molecule has 0 aliphatic carbocycles. The number of hydrogen-bond donors (Lipinski definition) is 1. The quantitative estimate of drug-likeness (QED) is 0.809. The van der Waals surface area contributed by atoms with E-state index < -0.39 is 6.09 Å². The molecule has 1 N–H and O–H groups in total. The summed E-state index contributed by atoms with van der Waals surface area (Å²) in [5.41, 5.74) is 1.79. The molecule has 1 saturated heterocycles. The van der Waals surface area contributed by atoms with Crippen LogP contribution >= 0.6 is 11.3 Å². The third kappa shape index (κ3) is 3.52. The zero-order valence-electron chi connectivity index (χ0n) is 15.2. The van der Waals surface area contributed by atoms with Crippen molar-refractivity contribution >= 4 is 39.2 Å². The van der Waals surface area contributed by atoms with Crippen LogP contribution in [0.3, 0.4) is 0 Å². The number of cyclic esters (lactones) is 1. The predicted molar refractivity (Wildman–Crippen MR) is 99.1 cm³/mol. The number of nitrogens with one attached hydrogen (secondary N) is 1. The van der Waals surface area contributed by atoms with Crippen LogP contribution in [0.2, 0.25) is 0 Å². The number of amides is 2. The van der Waals surface area contributed by atoms with Crippen molar-refractivity contribution in [1.82, 2.24) is 9.88 Å². The first kappa shape index (κ1) is 18.2. The molecule has 1 fully saturated rings. The van der Waals surface area contributed by atoms with E-state index in [1.165, 1.54) is 25.4 Å². The number of nitrogens with zero attached hydrogens (tertiary/aromatic N) is 3. The minimum atomic E-state index is -0.408. The molecule has 1 atom stereocenters. The van der Waals surface area contributed by atoms with Crippen molar-refractivity contribution in [3.05, 3.63) is 23.0 Å². The summed E-state index contributed by atoms with van der Waals surface area (Å²) in [5.74, 6) is -0.146. The van der Waals surface area contributed by atoms with Gasteiger partial charge < -0.3 is 19.5 Å². The van der Waals surface area contributed by atoms with E-state index >= 15 is 0 Å². The summed E-state index contributed by atoms with van der Waals surface area (Å²) < 4.78 is 8.43. The van der Waals surface area contributed by atoms with Crippen LogP contribution < -0.4 is 15.0 Å². The van der Waals surface area contributed by atoms with E-state index in [2.05, 4.69) is 28.9 Å². The predicted octanol–water partition coefficient (Wildman–Crippen LogP) is 2.21. The molecule has 2 heterocycles. The monoisotopic (exact) mass is 378 g/mol. The number of rotatable bonds is 5. The van der Waals surface area contributed by atoms with Crippen LogP contribution in [-0.4, -0.2) is 42.9 Å². The number of fused-ring (bicyclic) bond motifs is 1. The lowest BCUT2D eigenvalue weighted by atomic mass is 10.2. The van der Waals surface area contributed by atoms with Gasteiger partial charge in [-0.2, -0.15) is 0 Å². The van der Waals surface area contributed by atoms with Gasteiger partial charge in [0, 0.05) is 18.7 Å². The largest absolute Gasteiger partial charge is 0.442 e. The Morgan fingerprint density at radius 1 is 1.50 bits per heavy atom.